The van der Waals surface area contributed by atoms with Crippen molar-refractivity contribution >= 4 is 23.2 Å². The molecule has 17 heavy (non-hydrogen) atoms. The van der Waals surface area contributed by atoms with Crippen molar-refractivity contribution < 1.29 is 5.11 Å². The molecule has 1 atom stereocenters. The normalized spacial score (nSPS) is 13.8. The molecule has 96 valence electrons. The second kappa shape index (κ2) is 6.05. The molecule has 0 aromatic heterocycles. The van der Waals surface area contributed by atoms with E-state index in [-0.39, 0.29) is 6.04 Å². The minimum atomic E-state index is -0.718. The van der Waals surface area contributed by atoms with Crippen molar-refractivity contribution in [3.05, 3.63) is 33.8 Å². The molecular weight excluding hydrogens is 257 g/mol. The summed E-state index contributed by atoms with van der Waals surface area (Å²) < 4.78 is 0. The Morgan fingerprint density at radius 1 is 1.35 bits per heavy atom. The summed E-state index contributed by atoms with van der Waals surface area (Å²) in [6.45, 7) is 6.32. The van der Waals surface area contributed by atoms with Gasteiger partial charge in [0.2, 0.25) is 0 Å². The van der Waals surface area contributed by atoms with Crippen molar-refractivity contribution in [1.29, 1.82) is 0 Å². The third kappa shape index (κ3) is 4.84. The van der Waals surface area contributed by atoms with Gasteiger partial charge in [0, 0.05) is 16.1 Å². The van der Waals surface area contributed by atoms with Gasteiger partial charge < -0.3 is 10.4 Å². The number of benzene rings is 1. The molecular formula is C13H19Cl2NO. The van der Waals surface area contributed by atoms with E-state index in [4.69, 9.17) is 23.2 Å². The zero-order chi connectivity index (χ0) is 13.1. The van der Waals surface area contributed by atoms with E-state index in [0.717, 1.165) is 18.5 Å². The maximum atomic E-state index is 9.77. The highest BCUT2D eigenvalue weighted by Crippen LogP contribution is 2.21. The van der Waals surface area contributed by atoms with Crippen LogP contribution in [0, 0.1) is 0 Å². The van der Waals surface area contributed by atoms with Gasteiger partial charge in [-0.15, -0.1) is 0 Å². The molecule has 0 saturated heterocycles. The second-order valence-corrected chi connectivity index (χ2v) is 5.66. The first-order valence-electron chi connectivity index (χ1n) is 5.70. The Morgan fingerprint density at radius 3 is 2.53 bits per heavy atom. The van der Waals surface area contributed by atoms with Gasteiger partial charge in [-0.25, -0.2) is 0 Å². The Balaban J connectivity index is 2.46. The highest BCUT2D eigenvalue weighted by molar-refractivity contribution is 6.35. The molecule has 1 aromatic rings. The van der Waals surface area contributed by atoms with Gasteiger partial charge in [0.25, 0.3) is 0 Å². The Morgan fingerprint density at radius 2 is 2.00 bits per heavy atom. The molecule has 0 aliphatic heterocycles. The van der Waals surface area contributed by atoms with E-state index in [9.17, 15) is 5.11 Å². The average Bonchev–Trinajstić information content (AvgIpc) is 2.19. The standard InChI is InChI=1S/C13H19Cl2NO/c1-9(13(2,3)17)16-7-6-10-4-5-11(14)8-12(10)15/h4-5,8-9,16-17H,6-7H2,1-3H3. The van der Waals surface area contributed by atoms with Gasteiger partial charge in [-0.05, 0) is 51.4 Å². The minimum absolute atomic E-state index is 0.0357. The lowest BCUT2D eigenvalue weighted by atomic mass is 10.0. The molecule has 1 unspecified atom stereocenters. The van der Waals surface area contributed by atoms with Gasteiger partial charge >= 0.3 is 0 Å². The third-order valence-corrected chi connectivity index (χ3v) is 3.51. The van der Waals surface area contributed by atoms with E-state index >= 15 is 0 Å². The Hall–Kier alpha value is -0.280. The smallest absolute Gasteiger partial charge is 0.0741 e. The van der Waals surface area contributed by atoms with Crippen LogP contribution in [0.2, 0.25) is 10.0 Å². The number of aliphatic hydroxyl groups is 1. The first kappa shape index (κ1) is 14.8. The zero-order valence-corrected chi connectivity index (χ0v) is 11.9. The number of halogens is 2. The van der Waals surface area contributed by atoms with Gasteiger partial charge in [-0.3, -0.25) is 0 Å². The molecule has 0 aliphatic rings. The molecule has 2 nitrogen and oxygen atoms in total. The Labute approximate surface area is 113 Å². The van der Waals surface area contributed by atoms with Crippen molar-refractivity contribution in [3.8, 4) is 0 Å². The van der Waals surface area contributed by atoms with Crippen molar-refractivity contribution in [3.63, 3.8) is 0 Å². The summed E-state index contributed by atoms with van der Waals surface area (Å²) in [5, 5.41) is 14.4. The lowest BCUT2D eigenvalue weighted by molar-refractivity contribution is 0.0446. The van der Waals surface area contributed by atoms with Crippen molar-refractivity contribution in [2.24, 2.45) is 0 Å². The Bertz CT molecular complexity index is 374. The number of rotatable bonds is 5. The molecule has 0 saturated carbocycles. The Kier molecular flexibility index (Phi) is 5.26. The molecule has 0 spiro atoms. The minimum Gasteiger partial charge on any atom is -0.389 e. The van der Waals surface area contributed by atoms with Gasteiger partial charge in [-0.2, -0.15) is 0 Å². The fourth-order valence-electron chi connectivity index (χ4n) is 1.40. The van der Waals surface area contributed by atoms with Crippen LogP contribution in [0.3, 0.4) is 0 Å². The molecule has 0 amide bonds. The van der Waals surface area contributed by atoms with Crippen molar-refractivity contribution in [1.82, 2.24) is 5.32 Å². The number of hydrogen-bond donors (Lipinski definition) is 2. The maximum absolute atomic E-state index is 9.77. The predicted molar refractivity (Wildman–Crippen MR) is 73.9 cm³/mol. The first-order chi connectivity index (χ1) is 7.80. The molecule has 4 heteroatoms. The van der Waals surface area contributed by atoms with Crippen LogP contribution in [0.4, 0.5) is 0 Å². The van der Waals surface area contributed by atoms with Crippen molar-refractivity contribution in [2.45, 2.75) is 38.8 Å². The van der Waals surface area contributed by atoms with Crippen LogP contribution in [-0.2, 0) is 6.42 Å². The number of nitrogens with one attached hydrogen (secondary N) is 1. The summed E-state index contributed by atoms with van der Waals surface area (Å²) >= 11 is 11.9. The molecule has 0 heterocycles. The molecule has 1 aromatic carbocycles. The van der Waals surface area contributed by atoms with Crippen LogP contribution >= 0.6 is 23.2 Å². The third-order valence-electron chi connectivity index (χ3n) is 2.92. The highest BCUT2D eigenvalue weighted by Gasteiger charge is 2.21. The molecule has 0 fully saturated rings. The molecule has 0 radical (unpaired) electrons. The fraction of sp³-hybridized carbons (Fsp3) is 0.538. The SMILES string of the molecule is CC(NCCc1ccc(Cl)cc1Cl)C(C)(C)O. The monoisotopic (exact) mass is 275 g/mol. The van der Waals surface area contributed by atoms with E-state index in [1.54, 1.807) is 19.9 Å². The van der Waals surface area contributed by atoms with Crippen LogP contribution < -0.4 is 5.32 Å². The first-order valence-corrected chi connectivity index (χ1v) is 6.46. The lowest BCUT2D eigenvalue weighted by Crippen LogP contribution is -2.45. The van der Waals surface area contributed by atoms with E-state index < -0.39 is 5.60 Å². The van der Waals surface area contributed by atoms with Gasteiger partial charge in [0.05, 0.1) is 5.60 Å². The van der Waals surface area contributed by atoms with Crippen LogP contribution in [0.15, 0.2) is 18.2 Å². The zero-order valence-electron chi connectivity index (χ0n) is 10.4. The predicted octanol–water partition coefficient (Wildman–Crippen LogP) is 3.28. The maximum Gasteiger partial charge on any atom is 0.0741 e. The number of hydrogen-bond acceptors (Lipinski definition) is 2. The van der Waals surface area contributed by atoms with Crippen LogP contribution in [0.25, 0.3) is 0 Å². The summed E-state index contributed by atoms with van der Waals surface area (Å²) in [6.07, 6.45) is 0.816. The van der Waals surface area contributed by atoms with Crippen molar-refractivity contribution in [2.75, 3.05) is 6.54 Å². The summed E-state index contributed by atoms with van der Waals surface area (Å²) in [4.78, 5) is 0. The van der Waals surface area contributed by atoms with Gasteiger partial charge in [0.1, 0.15) is 0 Å². The topological polar surface area (TPSA) is 32.3 Å². The summed E-state index contributed by atoms with van der Waals surface area (Å²) in [5.41, 5.74) is 0.343. The summed E-state index contributed by atoms with van der Waals surface area (Å²) in [6, 6.07) is 5.55. The van der Waals surface area contributed by atoms with E-state index in [2.05, 4.69) is 5.32 Å². The second-order valence-electron chi connectivity index (χ2n) is 4.82. The van der Waals surface area contributed by atoms with E-state index in [1.165, 1.54) is 0 Å². The highest BCUT2D eigenvalue weighted by atomic mass is 35.5. The summed E-state index contributed by atoms with van der Waals surface area (Å²) in [7, 11) is 0. The molecule has 0 bridgehead atoms. The fourth-order valence-corrected chi connectivity index (χ4v) is 1.90. The van der Waals surface area contributed by atoms with Crippen LogP contribution in [0.1, 0.15) is 26.3 Å². The molecule has 0 aliphatic carbocycles. The van der Waals surface area contributed by atoms with Gasteiger partial charge in [0.15, 0.2) is 0 Å². The van der Waals surface area contributed by atoms with E-state index in [1.807, 2.05) is 19.1 Å². The summed E-state index contributed by atoms with van der Waals surface area (Å²) in [5.74, 6) is 0. The van der Waals surface area contributed by atoms with Crippen LogP contribution in [0.5, 0.6) is 0 Å². The molecule has 1 rings (SSSR count). The largest absolute Gasteiger partial charge is 0.389 e. The molecule has 2 N–H and O–H groups in total. The lowest BCUT2D eigenvalue weighted by Gasteiger charge is -2.26. The quantitative estimate of drug-likeness (QED) is 0.865. The average molecular weight is 276 g/mol. The van der Waals surface area contributed by atoms with E-state index in [0.29, 0.717) is 10.0 Å². The van der Waals surface area contributed by atoms with Gasteiger partial charge in [-0.1, -0.05) is 29.3 Å². The van der Waals surface area contributed by atoms with Crippen LogP contribution in [-0.4, -0.2) is 23.3 Å².